The van der Waals surface area contributed by atoms with Crippen molar-refractivity contribution in [3.8, 4) is 21.4 Å². The molecule has 0 unspecified atom stereocenters. The number of rotatable bonds is 19. The number of fused-ring (bicyclic) bond motifs is 1. The monoisotopic (exact) mass is 575 g/mol. The first kappa shape index (κ1) is 30.3. The molecule has 0 radical (unpaired) electrons. The maximum Gasteiger partial charge on any atom is 0.134 e. The zero-order valence-corrected chi connectivity index (χ0v) is 26.0. The van der Waals surface area contributed by atoms with Gasteiger partial charge in [-0.05, 0) is 67.5 Å². The highest BCUT2D eigenvalue weighted by molar-refractivity contribution is 7.25. The molecule has 0 amide bonds. The number of thiazole rings is 1. The van der Waals surface area contributed by atoms with Gasteiger partial charge in [0.1, 0.15) is 16.5 Å². The van der Waals surface area contributed by atoms with Crippen LogP contribution < -0.4 is 9.47 Å². The summed E-state index contributed by atoms with van der Waals surface area (Å²) < 4.78 is 13.6. The highest BCUT2D eigenvalue weighted by Gasteiger charge is 2.09. The molecule has 0 spiro atoms. The summed E-state index contributed by atoms with van der Waals surface area (Å²) in [5.41, 5.74) is 2.14. The Bertz CT molecular complexity index is 1270. The first-order chi connectivity index (χ1) is 19.8. The van der Waals surface area contributed by atoms with Gasteiger partial charge >= 0.3 is 0 Å². The zero-order chi connectivity index (χ0) is 27.8. The van der Waals surface area contributed by atoms with Crippen LogP contribution in [0, 0.1) is 0 Å². The molecule has 0 saturated carbocycles. The van der Waals surface area contributed by atoms with Gasteiger partial charge in [0.25, 0.3) is 0 Å². The number of para-hydroxylation sites is 1. The summed E-state index contributed by atoms with van der Waals surface area (Å²) in [4.78, 5) is 7.24. The third-order valence-corrected chi connectivity index (χ3v) is 9.32. The number of hydrogen-bond acceptors (Lipinski definition) is 5. The van der Waals surface area contributed by atoms with Crippen LogP contribution in [-0.4, -0.2) is 18.2 Å². The first-order valence-corrected chi connectivity index (χ1v) is 16.9. The van der Waals surface area contributed by atoms with Crippen LogP contribution in [0.3, 0.4) is 0 Å². The fraction of sp³-hybridized carbons (Fsp3) is 0.457. The van der Waals surface area contributed by atoms with E-state index in [1.807, 2.05) is 6.07 Å². The van der Waals surface area contributed by atoms with Crippen LogP contribution in [0.1, 0.15) is 101 Å². The number of hydrogen-bond donors (Lipinski definition) is 0. The van der Waals surface area contributed by atoms with E-state index in [1.165, 1.54) is 78.7 Å². The third-order valence-electron chi connectivity index (χ3n) is 7.06. The lowest BCUT2D eigenvalue weighted by atomic mass is 10.1. The van der Waals surface area contributed by atoms with Crippen LogP contribution >= 0.6 is 22.7 Å². The Hall–Kier alpha value is -2.63. The van der Waals surface area contributed by atoms with E-state index >= 15 is 0 Å². The Morgan fingerprint density at radius 3 is 2.12 bits per heavy atom. The summed E-state index contributed by atoms with van der Waals surface area (Å²) in [6, 6.07) is 19.0. The van der Waals surface area contributed by atoms with Gasteiger partial charge in [0.2, 0.25) is 0 Å². The molecule has 0 fully saturated rings. The molecule has 0 N–H and O–H groups in total. The molecule has 3 nitrogen and oxygen atoms in total. The standard InChI is InChI=1S/C35H45NO2S2/c1-3-5-7-9-11-15-25-37-29-20-23-32(38-26-16-12-10-8-6-4-2)28(27-29)19-21-30-22-24-34(39-30)35-36-31-17-13-14-18-33(31)40-35/h13-14,17-24,27H,3-12,15-16,25-26H2,1-2H3/b21-19+. The summed E-state index contributed by atoms with van der Waals surface area (Å²) in [5, 5.41) is 1.08. The van der Waals surface area contributed by atoms with Crippen LogP contribution in [0.25, 0.3) is 32.3 Å². The predicted octanol–water partition coefficient (Wildman–Crippen LogP) is 11.7. The van der Waals surface area contributed by atoms with Crippen LogP contribution in [0.15, 0.2) is 54.6 Å². The molecule has 0 aliphatic heterocycles. The molecule has 214 valence electrons. The molecule has 4 aromatic rings. The van der Waals surface area contributed by atoms with E-state index in [-0.39, 0.29) is 0 Å². The fourth-order valence-electron chi connectivity index (χ4n) is 4.72. The number of aromatic nitrogens is 1. The van der Waals surface area contributed by atoms with E-state index < -0.39 is 0 Å². The van der Waals surface area contributed by atoms with Crippen molar-refractivity contribution < 1.29 is 9.47 Å². The smallest absolute Gasteiger partial charge is 0.134 e. The van der Waals surface area contributed by atoms with Crippen molar-refractivity contribution in [2.24, 2.45) is 0 Å². The van der Waals surface area contributed by atoms with E-state index in [1.54, 1.807) is 22.7 Å². The lowest BCUT2D eigenvalue weighted by Gasteiger charge is -2.12. The highest BCUT2D eigenvalue weighted by atomic mass is 32.1. The van der Waals surface area contributed by atoms with Crippen LogP contribution in [0.2, 0.25) is 0 Å². The normalized spacial score (nSPS) is 11.6. The average Bonchev–Trinajstić information content (AvgIpc) is 3.63. The molecule has 40 heavy (non-hydrogen) atoms. The Labute approximate surface area is 249 Å². The van der Waals surface area contributed by atoms with Gasteiger partial charge in [-0.1, -0.05) is 90.2 Å². The maximum atomic E-state index is 6.26. The van der Waals surface area contributed by atoms with Crippen molar-refractivity contribution in [1.29, 1.82) is 0 Å². The van der Waals surface area contributed by atoms with Gasteiger partial charge in [0.05, 0.1) is 28.3 Å². The van der Waals surface area contributed by atoms with Gasteiger partial charge in [-0.3, -0.25) is 0 Å². The minimum atomic E-state index is 0.756. The van der Waals surface area contributed by atoms with Gasteiger partial charge < -0.3 is 9.47 Å². The Morgan fingerprint density at radius 1 is 0.675 bits per heavy atom. The number of unbranched alkanes of at least 4 members (excludes halogenated alkanes) is 10. The van der Waals surface area contributed by atoms with Gasteiger partial charge in [-0.15, -0.1) is 22.7 Å². The molecule has 4 rings (SSSR count). The second kappa shape index (κ2) is 17.2. The number of benzene rings is 2. The first-order valence-electron chi connectivity index (χ1n) is 15.3. The minimum absolute atomic E-state index is 0.756. The summed E-state index contributed by atoms with van der Waals surface area (Å²) in [5.74, 6) is 1.85. The summed E-state index contributed by atoms with van der Waals surface area (Å²) in [6.07, 6.45) is 19.5. The van der Waals surface area contributed by atoms with E-state index in [9.17, 15) is 0 Å². The fourth-order valence-corrected chi connectivity index (χ4v) is 6.65. The van der Waals surface area contributed by atoms with Crippen molar-refractivity contribution in [3.05, 3.63) is 65.0 Å². The summed E-state index contributed by atoms with van der Waals surface area (Å²) >= 11 is 3.53. The van der Waals surface area contributed by atoms with Gasteiger partial charge in [0.15, 0.2) is 0 Å². The topological polar surface area (TPSA) is 31.4 Å². The van der Waals surface area contributed by atoms with Crippen molar-refractivity contribution in [3.63, 3.8) is 0 Å². The molecule has 2 heterocycles. The largest absolute Gasteiger partial charge is 0.494 e. The Balaban J connectivity index is 1.39. The molecule has 0 aliphatic rings. The number of thiophene rings is 1. The Kier molecular flexibility index (Phi) is 13.1. The lowest BCUT2D eigenvalue weighted by molar-refractivity contribution is 0.296. The van der Waals surface area contributed by atoms with E-state index in [0.29, 0.717) is 0 Å². The van der Waals surface area contributed by atoms with E-state index in [2.05, 4.69) is 74.5 Å². The second-order valence-corrected chi connectivity index (χ2v) is 12.6. The minimum Gasteiger partial charge on any atom is -0.494 e. The maximum absolute atomic E-state index is 6.26. The number of nitrogens with zero attached hydrogens (tertiary/aromatic N) is 1. The van der Waals surface area contributed by atoms with Crippen LogP contribution in [-0.2, 0) is 0 Å². The molecule has 0 bridgehead atoms. The molecule has 5 heteroatoms. The molecular weight excluding hydrogens is 531 g/mol. The zero-order valence-electron chi connectivity index (χ0n) is 24.3. The molecule has 2 aromatic heterocycles. The van der Waals surface area contributed by atoms with Crippen molar-refractivity contribution in [2.45, 2.75) is 90.9 Å². The average molecular weight is 576 g/mol. The summed E-state index contributed by atoms with van der Waals surface area (Å²) in [7, 11) is 0. The quantitative estimate of drug-likeness (QED) is 0.104. The summed E-state index contributed by atoms with van der Waals surface area (Å²) in [6.45, 7) is 6.04. The van der Waals surface area contributed by atoms with Gasteiger partial charge in [-0.25, -0.2) is 4.98 Å². The van der Waals surface area contributed by atoms with Crippen molar-refractivity contribution in [1.82, 2.24) is 4.98 Å². The Morgan fingerprint density at radius 2 is 1.38 bits per heavy atom. The van der Waals surface area contributed by atoms with Crippen molar-refractivity contribution >= 4 is 45.0 Å². The molecule has 0 atom stereocenters. The SMILES string of the molecule is CCCCCCCCOc1ccc(OCCCCCCCC)c(/C=C/c2ccc(-c3nc4ccccc4s3)s2)c1. The predicted molar refractivity (Wildman–Crippen MR) is 176 cm³/mol. The molecule has 2 aromatic carbocycles. The number of ether oxygens (including phenoxy) is 2. The van der Waals surface area contributed by atoms with Crippen LogP contribution in [0.5, 0.6) is 11.5 Å². The van der Waals surface area contributed by atoms with Crippen molar-refractivity contribution in [2.75, 3.05) is 13.2 Å². The van der Waals surface area contributed by atoms with Gasteiger partial charge in [0, 0.05) is 10.4 Å². The van der Waals surface area contributed by atoms with Gasteiger partial charge in [-0.2, -0.15) is 0 Å². The molecular formula is C35H45NO2S2. The lowest BCUT2D eigenvalue weighted by Crippen LogP contribution is -2.01. The van der Waals surface area contributed by atoms with Crippen LogP contribution in [0.4, 0.5) is 0 Å². The molecule has 0 aliphatic carbocycles. The molecule has 0 saturated heterocycles. The third kappa shape index (κ3) is 9.78. The highest BCUT2D eigenvalue weighted by Crippen LogP contribution is 2.35. The second-order valence-electron chi connectivity index (χ2n) is 10.5. The van der Waals surface area contributed by atoms with E-state index in [0.717, 1.165) is 53.6 Å². The van der Waals surface area contributed by atoms with E-state index in [4.69, 9.17) is 14.5 Å².